The first-order valence-corrected chi connectivity index (χ1v) is 6.03. The summed E-state index contributed by atoms with van der Waals surface area (Å²) in [4.78, 5) is 4.00. The van der Waals surface area contributed by atoms with Crippen molar-refractivity contribution in [3.05, 3.63) is 53.9 Å². The van der Waals surface area contributed by atoms with Crippen molar-refractivity contribution in [1.29, 1.82) is 0 Å². The van der Waals surface area contributed by atoms with Crippen LogP contribution in [0.25, 0.3) is 0 Å². The number of benzene rings is 1. The number of hydrogen-bond acceptors (Lipinski definition) is 4. The molecule has 1 N–H and O–H groups in total. The van der Waals surface area contributed by atoms with Crippen LogP contribution in [0.3, 0.4) is 0 Å². The van der Waals surface area contributed by atoms with Crippen LogP contribution in [-0.2, 0) is 6.42 Å². The van der Waals surface area contributed by atoms with E-state index < -0.39 is 6.10 Å². The van der Waals surface area contributed by atoms with E-state index in [4.69, 9.17) is 9.47 Å². The van der Waals surface area contributed by atoms with Crippen molar-refractivity contribution in [3.8, 4) is 11.5 Å². The monoisotopic (exact) mass is 259 g/mol. The van der Waals surface area contributed by atoms with Crippen LogP contribution >= 0.6 is 0 Å². The lowest BCUT2D eigenvalue weighted by Gasteiger charge is -2.13. The second-order valence-corrected chi connectivity index (χ2v) is 4.20. The molecule has 1 unspecified atom stereocenters. The number of aliphatic hydroxyl groups is 1. The van der Waals surface area contributed by atoms with Gasteiger partial charge in [-0.2, -0.15) is 0 Å². The van der Waals surface area contributed by atoms with E-state index in [2.05, 4.69) is 4.98 Å². The maximum atomic E-state index is 10.2. The number of rotatable bonds is 5. The Bertz CT molecular complexity index is 528. The zero-order valence-corrected chi connectivity index (χ0v) is 11.0. The minimum absolute atomic E-state index is 0.506. The van der Waals surface area contributed by atoms with Crippen molar-refractivity contribution >= 4 is 0 Å². The lowest BCUT2D eigenvalue weighted by Crippen LogP contribution is -2.02. The van der Waals surface area contributed by atoms with E-state index in [-0.39, 0.29) is 0 Å². The molecule has 0 spiro atoms. The molecule has 1 aromatic carbocycles. The van der Waals surface area contributed by atoms with Gasteiger partial charge in [0.2, 0.25) is 0 Å². The van der Waals surface area contributed by atoms with Crippen molar-refractivity contribution in [2.24, 2.45) is 0 Å². The summed E-state index contributed by atoms with van der Waals surface area (Å²) in [7, 11) is 3.20. The predicted octanol–water partition coefficient (Wildman–Crippen LogP) is 2.37. The zero-order valence-electron chi connectivity index (χ0n) is 11.0. The van der Waals surface area contributed by atoms with Gasteiger partial charge in [-0.1, -0.05) is 12.1 Å². The lowest BCUT2D eigenvalue weighted by molar-refractivity contribution is 0.178. The van der Waals surface area contributed by atoms with E-state index in [1.165, 1.54) is 0 Å². The maximum Gasteiger partial charge on any atom is 0.160 e. The van der Waals surface area contributed by atoms with Crippen molar-refractivity contribution < 1.29 is 14.6 Å². The summed E-state index contributed by atoms with van der Waals surface area (Å²) in [6, 6.07) is 9.30. The van der Waals surface area contributed by atoms with Gasteiger partial charge in [0.25, 0.3) is 0 Å². The molecule has 0 radical (unpaired) electrons. The average molecular weight is 259 g/mol. The van der Waals surface area contributed by atoms with Gasteiger partial charge in [0, 0.05) is 18.8 Å². The Morgan fingerprint density at radius 1 is 1.16 bits per heavy atom. The van der Waals surface area contributed by atoms with Gasteiger partial charge in [0.1, 0.15) is 0 Å². The summed E-state index contributed by atoms with van der Waals surface area (Å²) >= 11 is 0. The van der Waals surface area contributed by atoms with Crippen LogP contribution in [0.5, 0.6) is 11.5 Å². The standard InChI is InChI=1S/C15H17NO3/c1-18-14-6-5-11(9-15(14)19-2)8-13(17)12-4-3-7-16-10-12/h3-7,9-10,13,17H,8H2,1-2H3. The van der Waals surface area contributed by atoms with Crippen LogP contribution in [0.2, 0.25) is 0 Å². The second kappa shape index (κ2) is 6.20. The molecule has 0 amide bonds. The third-order valence-electron chi connectivity index (χ3n) is 2.95. The normalized spacial score (nSPS) is 11.9. The molecule has 4 heteroatoms. The minimum Gasteiger partial charge on any atom is -0.493 e. The van der Waals surface area contributed by atoms with Gasteiger partial charge in [-0.15, -0.1) is 0 Å². The molecule has 100 valence electrons. The van der Waals surface area contributed by atoms with E-state index in [0.717, 1.165) is 11.1 Å². The van der Waals surface area contributed by atoms with E-state index in [1.807, 2.05) is 30.3 Å². The molecule has 0 fully saturated rings. The van der Waals surface area contributed by atoms with Gasteiger partial charge < -0.3 is 14.6 Å². The molecule has 0 bridgehead atoms. The third kappa shape index (κ3) is 3.23. The molecule has 0 aliphatic carbocycles. The van der Waals surface area contributed by atoms with Crippen molar-refractivity contribution in [3.63, 3.8) is 0 Å². The number of aliphatic hydroxyl groups excluding tert-OH is 1. The predicted molar refractivity (Wildman–Crippen MR) is 72.4 cm³/mol. The summed E-state index contributed by atoms with van der Waals surface area (Å²) in [5.74, 6) is 1.35. The fourth-order valence-electron chi connectivity index (χ4n) is 1.92. The van der Waals surface area contributed by atoms with Gasteiger partial charge in [-0.25, -0.2) is 0 Å². The van der Waals surface area contributed by atoms with E-state index >= 15 is 0 Å². The van der Waals surface area contributed by atoms with Crippen LogP contribution in [0.4, 0.5) is 0 Å². The minimum atomic E-state index is -0.577. The Kier molecular flexibility index (Phi) is 4.36. The Balaban J connectivity index is 2.15. The SMILES string of the molecule is COc1ccc(CC(O)c2cccnc2)cc1OC. The molecular formula is C15H17NO3. The molecule has 0 aliphatic heterocycles. The van der Waals surface area contributed by atoms with Crippen molar-refractivity contribution in [2.45, 2.75) is 12.5 Å². The molecule has 19 heavy (non-hydrogen) atoms. The van der Waals surface area contributed by atoms with Crippen molar-refractivity contribution in [1.82, 2.24) is 4.98 Å². The first-order valence-electron chi connectivity index (χ1n) is 6.03. The summed E-state index contributed by atoms with van der Waals surface area (Å²) in [6.45, 7) is 0. The Morgan fingerprint density at radius 2 is 1.95 bits per heavy atom. The third-order valence-corrected chi connectivity index (χ3v) is 2.95. The lowest BCUT2D eigenvalue weighted by atomic mass is 10.0. The fraction of sp³-hybridized carbons (Fsp3) is 0.267. The Morgan fingerprint density at radius 3 is 2.58 bits per heavy atom. The van der Waals surface area contributed by atoms with E-state index in [0.29, 0.717) is 17.9 Å². The molecular weight excluding hydrogens is 242 g/mol. The molecule has 4 nitrogen and oxygen atoms in total. The van der Waals surface area contributed by atoms with Gasteiger partial charge in [-0.05, 0) is 29.3 Å². The van der Waals surface area contributed by atoms with Gasteiger partial charge >= 0.3 is 0 Å². The van der Waals surface area contributed by atoms with Crippen LogP contribution < -0.4 is 9.47 Å². The second-order valence-electron chi connectivity index (χ2n) is 4.20. The quantitative estimate of drug-likeness (QED) is 0.895. The zero-order chi connectivity index (χ0) is 13.7. The number of methoxy groups -OCH3 is 2. The fourth-order valence-corrected chi connectivity index (χ4v) is 1.92. The van der Waals surface area contributed by atoms with Crippen LogP contribution in [0.1, 0.15) is 17.2 Å². The largest absolute Gasteiger partial charge is 0.493 e. The number of hydrogen-bond donors (Lipinski definition) is 1. The number of pyridine rings is 1. The highest BCUT2D eigenvalue weighted by Gasteiger charge is 2.11. The highest BCUT2D eigenvalue weighted by molar-refractivity contribution is 5.43. The smallest absolute Gasteiger partial charge is 0.160 e. The Labute approximate surface area is 112 Å². The summed E-state index contributed by atoms with van der Waals surface area (Å²) in [6.07, 6.45) is 3.29. The van der Waals surface area contributed by atoms with Crippen LogP contribution in [0.15, 0.2) is 42.7 Å². The molecule has 1 aromatic heterocycles. The molecule has 2 aromatic rings. The average Bonchev–Trinajstić information content (AvgIpc) is 2.48. The number of aromatic nitrogens is 1. The van der Waals surface area contributed by atoms with Crippen LogP contribution in [0, 0.1) is 0 Å². The summed E-state index contributed by atoms with van der Waals surface area (Å²) in [5.41, 5.74) is 1.78. The van der Waals surface area contributed by atoms with E-state index in [1.54, 1.807) is 26.6 Å². The molecule has 1 heterocycles. The van der Waals surface area contributed by atoms with Crippen molar-refractivity contribution in [2.75, 3.05) is 14.2 Å². The van der Waals surface area contributed by atoms with E-state index in [9.17, 15) is 5.11 Å². The maximum absolute atomic E-state index is 10.2. The first-order chi connectivity index (χ1) is 9.24. The van der Waals surface area contributed by atoms with Gasteiger partial charge in [0.05, 0.1) is 20.3 Å². The summed E-state index contributed by atoms with van der Waals surface area (Å²) in [5, 5.41) is 10.2. The van der Waals surface area contributed by atoms with Crippen LogP contribution in [-0.4, -0.2) is 24.3 Å². The van der Waals surface area contributed by atoms with Gasteiger partial charge in [0.15, 0.2) is 11.5 Å². The summed E-state index contributed by atoms with van der Waals surface area (Å²) < 4.78 is 10.4. The number of ether oxygens (including phenoxy) is 2. The highest BCUT2D eigenvalue weighted by atomic mass is 16.5. The molecule has 2 rings (SSSR count). The highest BCUT2D eigenvalue weighted by Crippen LogP contribution is 2.29. The molecule has 0 saturated heterocycles. The first kappa shape index (κ1) is 13.4. The number of nitrogens with zero attached hydrogens (tertiary/aromatic N) is 1. The molecule has 0 saturated carbocycles. The topological polar surface area (TPSA) is 51.6 Å². The van der Waals surface area contributed by atoms with Gasteiger partial charge in [-0.3, -0.25) is 4.98 Å². The Hall–Kier alpha value is -2.07. The molecule has 1 atom stereocenters. The molecule has 0 aliphatic rings.